The zero-order valence-electron chi connectivity index (χ0n) is 10.4. The van der Waals surface area contributed by atoms with E-state index in [9.17, 15) is 4.79 Å². The minimum atomic E-state index is -0.943. The van der Waals surface area contributed by atoms with E-state index in [1.807, 2.05) is 31.2 Å². The van der Waals surface area contributed by atoms with Crippen LogP contribution < -0.4 is 5.32 Å². The predicted octanol–water partition coefficient (Wildman–Crippen LogP) is 4.21. The summed E-state index contributed by atoms with van der Waals surface area (Å²) in [5.41, 5.74) is 1.87. The molecule has 0 aliphatic carbocycles. The van der Waals surface area contributed by atoms with Crippen molar-refractivity contribution >= 4 is 23.3 Å². The topological polar surface area (TPSA) is 49.3 Å². The van der Waals surface area contributed by atoms with E-state index in [-0.39, 0.29) is 11.6 Å². The summed E-state index contributed by atoms with van der Waals surface area (Å²) >= 11 is 5.95. The number of rotatable bonds is 4. The number of anilines is 1. The van der Waals surface area contributed by atoms with Crippen molar-refractivity contribution in [2.24, 2.45) is 0 Å². The number of halogens is 1. The van der Waals surface area contributed by atoms with Crippen LogP contribution in [0.4, 0.5) is 5.69 Å². The van der Waals surface area contributed by atoms with Crippen LogP contribution in [0, 0.1) is 0 Å². The van der Waals surface area contributed by atoms with E-state index in [0.717, 1.165) is 5.56 Å². The van der Waals surface area contributed by atoms with Gasteiger partial charge in [0.1, 0.15) is 0 Å². The van der Waals surface area contributed by atoms with Crippen molar-refractivity contribution in [3.05, 3.63) is 64.7 Å². The van der Waals surface area contributed by atoms with Crippen molar-refractivity contribution < 1.29 is 9.90 Å². The van der Waals surface area contributed by atoms with Crippen molar-refractivity contribution in [2.45, 2.75) is 13.0 Å². The summed E-state index contributed by atoms with van der Waals surface area (Å²) in [4.78, 5) is 11.1. The molecule has 1 unspecified atom stereocenters. The number of hydrogen-bond acceptors (Lipinski definition) is 2. The fraction of sp³-hybridized carbons (Fsp3) is 0.133. The summed E-state index contributed by atoms with van der Waals surface area (Å²) in [5.74, 6) is -0.943. The maximum absolute atomic E-state index is 11.1. The predicted molar refractivity (Wildman–Crippen MR) is 76.9 cm³/mol. The van der Waals surface area contributed by atoms with Gasteiger partial charge < -0.3 is 10.4 Å². The van der Waals surface area contributed by atoms with Gasteiger partial charge in [-0.25, -0.2) is 4.79 Å². The number of hydrogen-bond donors (Lipinski definition) is 2. The zero-order valence-corrected chi connectivity index (χ0v) is 11.2. The third-order valence-electron chi connectivity index (χ3n) is 2.88. The van der Waals surface area contributed by atoms with Crippen LogP contribution in [-0.4, -0.2) is 11.1 Å². The van der Waals surface area contributed by atoms with E-state index < -0.39 is 5.97 Å². The van der Waals surface area contributed by atoms with Crippen molar-refractivity contribution in [1.82, 2.24) is 0 Å². The second-order valence-electron chi connectivity index (χ2n) is 4.27. The van der Waals surface area contributed by atoms with Gasteiger partial charge in [-0.05, 0) is 36.8 Å². The van der Waals surface area contributed by atoms with Gasteiger partial charge >= 0.3 is 5.97 Å². The Bertz CT molecular complexity index is 598. The minimum Gasteiger partial charge on any atom is -0.478 e. The molecular formula is C15H14ClNO2. The fourth-order valence-corrected chi connectivity index (χ4v) is 2.09. The summed E-state index contributed by atoms with van der Waals surface area (Å²) < 4.78 is 0. The summed E-state index contributed by atoms with van der Waals surface area (Å²) in [7, 11) is 0. The molecule has 2 aromatic carbocycles. The fourth-order valence-electron chi connectivity index (χ4n) is 1.89. The lowest BCUT2D eigenvalue weighted by Gasteiger charge is -2.17. The second-order valence-corrected chi connectivity index (χ2v) is 4.71. The standard InChI is InChI=1S/C15H14ClNO2/c1-10(11-5-4-6-12(16)9-11)17-14-8-3-2-7-13(14)15(18)19/h2-10,17H,1H3,(H,18,19). The molecule has 0 radical (unpaired) electrons. The van der Waals surface area contributed by atoms with E-state index >= 15 is 0 Å². The lowest BCUT2D eigenvalue weighted by atomic mass is 10.1. The molecule has 98 valence electrons. The van der Waals surface area contributed by atoms with Gasteiger partial charge in [0, 0.05) is 16.8 Å². The number of benzene rings is 2. The lowest BCUT2D eigenvalue weighted by molar-refractivity contribution is 0.0698. The maximum Gasteiger partial charge on any atom is 0.337 e. The molecule has 2 aromatic rings. The van der Waals surface area contributed by atoms with Gasteiger partial charge in [-0.1, -0.05) is 35.9 Å². The second kappa shape index (κ2) is 5.76. The molecule has 3 nitrogen and oxygen atoms in total. The summed E-state index contributed by atoms with van der Waals surface area (Å²) in [5, 5.41) is 13.0. The molecule has 4 heteroatoms. The lowest BCUT2D eigenvalue weighted by Crippen LogP contribution is -2.10. The van der Waals surface area contributed by atoms with E-state index in [0.29, 0.717) is 10.7 Å². The van der Waals surface area contributed by atoms with Gasteiger partial charge in [0.05, 0.1) is 5.56 Å². The summed E-state index contributed by atoms with van der Waals surface area (Å²) in [6.07, 6.45) is 0. The molecule has 2 N–H and O–H groups in total. The Hall–Kier alpha value is -2.00. The minimum absolute atomic E-state index is 0.0285. The zero-order chi connectivity index (χ0) is 13.8. The van der Waals surface area contributed by atoms with E-state index in [1.54, 1.807) is 24.3 Å². The number of aromatic carboxylic acids is 1. The molecule has 2 rings (SSSR count). The Morgan fingerprint density at radius 2 is 1.95 bits per heavy atom. The largest absolute Gasteiger partial charge is 0.478 e. The average Bonchev–Trinajstić information content (AvgIpc) is 2.39. The molecule has 0 amide bonds. The normalized spacial score (nSPS) is 11.9. The molecule has 1 atom stereocenters. The van der Waals surface area contributed by atoms with Gasteiger partial charge in [-0.3, -0.25) is 0 Å². The Balaban J connectivity index is 2.24. The van der Waals surface area contributed by atoms with Crippen LogP contribution in [0.2, 0.25) is 5.02 Å². The van der Waals surface area contributed by atoms with Gasteiger partial charge in [0.15, 0.2) is 0 Å². The highest BCUT2D eigenvalue weighted by atomic mass is 35.5. The Morgan fingerprint density at radius 1 is 1.21 bits per heavy atom. The van der Waals surface area contributed by atoms with Crippen LogP contribution >= 0.6 is 11.6 Å². The molecule has 0 spiro atoms. The smallest absolute Gasteiger partial charge is 0.337 e. The Labute approximate surface area is 116 Å². The highest BCUT2D eigenvalue weighted by Crippen LogP contribution is 2.24. The van der Waals surface area contributed by atoms with E-state index in [1.165, 1.54) is 0 Å². The Morgan fingerprint density at radius 3 is 2.63 bits per heavy atom. The maximum atomic E-state index is 11.1. The van der Waals surface area contributed by atoms with Crippen LogP contribution in [-0.2, 0) is 0 Å². The molecular weight excluding hydrogens is 262 g/mol. The number of nitrogens with one attached hydrogen (secondary N) is 1. The third-order valence-corrected chi connectivity index (χ3v) is 3.11. The molecule has 0 bridgehead atoms. The first-order valence-electron chi connectivity index (χ1n) is 5.92. The summed E-state index contributed by atoms with van der Waals surface area (Å²) in [6, 6.07) is 14.3. The van der Waals surface area contributed by atoms with E-state index in [2.05, 4.69) is 5.32 Å². The molecule has 0 aromatic heterocycles. The van der Waals surface area contributed by atoms with Crippen molar-refractivity contribution in [3.63, 3.8) is 0 Å². The molecule has 0 aliphatic heterocycles. The van der Waals surface area contributed by atoms with Crippen LogP contribution in [0.3, 0.4) is 0 Å². The highest BCUT2D eigenvalue weighted by molar-refractivity contribution is 6.30. The third kappa shape index (κ3) is 3.26. The highest BCUT2D eigenvalue weighted by Gasteiger charge is 2.12. The first-order chi connectivity index (χ1) is 9.08. The van der Waals surface area contributed by atoms with Gasteiger partial charge in [-0.15, -0.1) is 0 Å². The van der Waals surface area contributed by atoms with Crippen LogP contribution in [0.25, 0.3) is 0 Å². The Kier molecular flexibility index (Phi) is 4.07. The van der Waals surface area contributed by atoms with Gasteiger partial charge in [0.25, 0.3) is 0 Å². The molecule has 0 heterocycles. The quantitative estimate of drug-likeness (QED) is 0.879. The number of carbonyl (C=O) groups is 1. The van der Waals surface area contributed by atoms with Gasteiger partial charge in [-0.2, -0.15) is 0 Å². The molecule has 19 heavy (non-hydrogen) atoms. The molecule has 0 saturated heterocycles. The van der Waals surface area contributed by atoms with Crippen LogP contribution in [0.15, 0.2) is 48.5 Å². The molecule has 0 aliphatic rings. The number of para-hydroxylation sites is 1. The van der Waals surface area contributed by atoms with Crippen molar-refractivity contribution in [2.75, 3.05) is 5.32 Å². The van der Waals surface area contributed by atoms with Crippen molar-refractivity contribution in [3.8, 4) is 0 Å². The van der Waals surface area contributed by atoms with Gasteiger partial charge in [0.2, 0.25) is 0 Å². The SMILES string of the molecule is CC(Nc1ccccc1C(=O)O)c1cccc(Cl)c1. The van der Waals surface area contributed by atoms with Crippen LogP contribution in [0.5, 0.6) is 0 Å². The average molecular weight is 276 g/mol. The van der Waals surface area contributed by atoms with Crippen molar-refractivity contribution in [1.29, 1.82) is 0 Å². The number of carboxylic acids is 1. The first-order valence-corrected chi connectivity index (χ1v) is 6.30. The number of carboxylic acid groups (broad SMARTS) is 1. The monoisotopic (exact) mass is 275 g/mol. The molecule has 0 saturated carbocycles. The van der Waals surface area contributed by atoms with E-state index in [4.69, 9.17) is 16.7 Å². The molecule has 0 fully saturated rings. The summed E-state index contributed by atoms with van der Waals surface area (Å²) in [6.45, 7) is 1.96. The van der Waals surface area contributed by atoms with Crippen LogP contribution in [0.1, 0.15) is 28.9 Å². The first kappa shape index (κ1) is 13.4.